The summed E-state index contributed by atoms with van der Waals surface area (Å²) in [5.74, 6) is 1.22. The van der Waals surface area contributed by atoms with Crippen LogP contribution in [-0.4, -0.2) is 36.1 Å². The molecule has 1 saturated heterocycles. The lowest BCUT2D eigenvalue weighted by Crippen LogP contribution is -2.35. The molecule has 0 spiro atoms. The average molecular weight is 297 g/mol. The maximum atomic E-state index is 6.09. The smallest absolute Gasteiger partial charge is 0.214 e. The summed E-state index contributed by atoms with van der Waals surface area (Å²) in [5.41, 5.74) is 2.13. The van der Waals surface area contributed by atoms with Crippen molar-refractivity contribution in [2.45, 2.75) is 51.0 Å². The minimum atomic E-state index is 0.00691. The van der Waals surface area contributed by atoms with Gasteiger partial charge in [-0.3, -0.25) is 0 Å². The molecule has 3 nitrogen and oxygen atoms in total. The average Bonchev–Trinajstić information content (AvgIpc) is 2.40. The summed E-state index contributed by atoms with van der Waals surface area (Å²) in [5, 5.41) is 0. The predicted molar refractivity (Wildman–Crippen MR) is 83.6 cm³/mol. The Kier molecular flexibility index (Phi) is 4.92. The Balaban J connectivity index is 2.14. The normalized spacial score (nSPS) is 18.2. The molecule has 1 fully saturated rings. The number of piperidine rings is 1. The van der Waals surface area contributed by atoms with Gasteiger partial charge in [-0.1, -0.05) is 20.8 Å². The van der Waals surface area contributed by atoms with Crippen LogP contribution in [-0.2, 0) is 11.3 Å². The molecule has 0 aliphatic carbocycles. The first kappa shape index (κ1) is 15.6. The summed E-state index contributed by atoms with van der Waals surface area (Å²) >= 11 is 5.99. The van der Waals surface area contributed by atoms with E-state index < -0.39 is 0 Å². The van der Waals surface area contributed by atoms with Gasteiger partial charge >= 0.3 is 0 Å². The van der Waals surface area contributed by atoms with Gasteiger partial charge in [0.25, 0.3) is 0 Å². The van der Waals surface area contributed by atoms with E-state index in [1.807, 2.05) is 6.07 Å². The number of pyridine rings is 1. The molecule has 2 heterocycles. The molecule has 1 aliphatic rings. The van der Waals surface area contributed by atoms with E-state index in [-0.39, 0.29) is 11.5 Å². The van der Waals surface area contributed by atoms with Crippen molar-refractivity contribution in [1.82, 2.24) is 9.88 Å². The third-order valence-corrected chi connectivity index (χ3v) is 4.05. The van der Waals surface area contributed by atoms with Crippen molar-refractivity contribution in [3.63, 3.8) is 0 Å². The van der Waals surface area contributed by atoms with E-state index in [0.717, 1.165) is 43.1 Å². The molecule has 0 saturated carbocycles. The monoisotopic (exact) mass is 296 g/mol. The van der Waals surface area contributed by atoms with Crippen LogP contribution in [0.25, 0.3) is 0 Å². The minimum Gasteiger partial charge on any atom is -0.474 e. The van der Waals surface area contributed by atoms with Gasteiger partial charge in [0.1, 0.15) is 6.10 Å². The molecule has 1 aromatic heterocycles. The Hall–Kier alpha value is -0.800. The Labute approximate surface area is 127 Å². The number of nitrogens with zero attached hydrogens (tertiary/aromatic N) is 2. The summed E-state index contributed by atoms with van der Waals surface area (Å²) in [6.07, 6.45) is 2.40. The van der Waals surface area contributed by atoms with Gasteiger partial charge in [0.15, 0.2) is 0 Å². The lowest BCUT2D eigenvalue weighted by Gasteiger charge is -2.29. The molecule has 0 bridgehead atoms. The molecule has 0 N–H and O–H groups in total. The van der Waals surface area contributed by atoms with E-state index in [4.69, 9.17) is 16.3 Å². The van der Waals surface area contributed by atoms with Crippen LogP contribution < -0.4 is 4.74 Å². The van der Waals surface area contributed by atoms with Crippen LogP contribution in [0.2, 0.25) is 0 Å². The third-order valence-electron chi connectivity index (χ3n) is 3.74. The zero-order valence-electron chi connectivity index (χ0n) is 12.9. The number of hydrogen-bond donors (Lipinski definition) is 0. The second-order valence-corrected chi connectivity index (χ2v) is 6.97. The maximum Gasteiger partial charge on any atom is 0.214 e. The van der Waals surface area contributed by atoms with Gasteiger partial charge in [-0.15, -0.1) is 11.6 Å². The van der Waals surface area contributed by atoms with Crippen molar-refractivity contribution >= 4 is 11.6 Å². The molecular formula is C16H25ClN2O. The first-order valence-corrected chi connectivity index (χ1v) is 7.84. The van der Waals surface area contributed by atoms with Gasteiger partial charge in [-0.2, -0.15) is 0 Å². The Morgan fingerprint density at radius 2 is 1.95 bits per heavy atom. The Morgan fingerprint density at radius 3 is 2.50 bits per heavy atom. The first-order chi connectivity index (χ1) is 9.38. The van der Waals surface area contributed by atoms with Gasteiger partial charge in [-0.05, 0) is 31.5 Å². The fourth-order valence-electron chi connectivity index (χ4n) is 2.35. The highest BCUT2D eigenvalue weighted by Crippen LogP contribution is 2.26. The van der Waals surface area contributed by atoms with Crippen molar-refractivity contribution in [2.24, 2.45) is 0 Å². The van der Waals surface area contributed by atoms with Crippen molar-refractivity contribution in [1.29, 1.82) is 0 Å². The number of rotatable bonds is 3. The van der Waals surface area contributed by atoms with Crippen LogP contribution in [0.5, 0.6) is 5.88 Å². The van der Waals surface area contributed by atoms with Crippen LogP contribution >= 0.6 is 11.6 Å². The fraction of sp³-hybridized carbons (Fsp3) is 0.688. The molecule has 1 aliphatic heterocycles. The van der Waals surface area contributed by atoms with Crippen molar-refractivity contribution in [3.05, 3.63) is 23.4 Å². The van der Waals surface area contributed by atoms with Crippen LogP contribution in [0, 0.1) is 0 Å². The number of halogens is 1. The highest BCUT2D eigenvalue weighted by Gasteiger charge is 2.21. The second kappa shape index (κ2) is 6.31. The fourth-order valence-corrected chi connectivity index (χ4v) is 2.51. The topological polar surface area (TPSA) is 25.4 Å². The van der Waals surface area contributed by atoms with Crippen molar-refractivity contribution in [2.75, 3.05) is 20.1 Å². The van der Waals surface area contributed by atoms with Gasteiger partial charge in [0.05, 0.1) is 5.69 Å². The second-order valence-electron chi connectivity index (χ2n) is 6.70. The summed E-state index contributed by atoms with van der Waals surface area (Å²) in [6, 6.07) is 4.05. The number of aromatic nitrogens is 1. The number of hydrogen-bond acceptors (Lipinski definition) is 3. The largest absolute Gasteiger partial charge is 0.474 e. The molecule has 0 radical (unpaired) electrons. The third kappa shape index (κ3) is 4.10. The Bertz CT molecular complexity index is 448. The molecular weight excluding hydrogens is 272 g/mol. The van der Waals surface area contributed by atoms with E-state index >= 15 is 0 Å². The zero-order chi connectivity index (χ0) is 14.8. The Morgan fingerprint density at radius 1 is 1.30 bits per heavy atom. The van der Waals surface area contributed by atoms with Crippen LogP contribution in [0.1, 0.15) is 44.9 Å². The minimum absolute atomic E-state index is 0.00691. The molecule has 4 heteroatoms. The van der Waals surface area contributed by atoms with E-state index in [0.29, 0.717) is 5.88 Å². The van der Waals surface area contributed by atoms with E-state index in [9.17, 15) is 0 Å². The number of likely N-dealkylation sites (tertiary alicyclic amines) is 1. The van der Waals surface area contributed by atoms with Crippen LogP contribution in [0.3, 0.4) is 0 Å². The molecule has 0 unspecified atom stereocenters. The summed E-state index contributed by atoms with van der Waals surface area (Å²) in [4.78, 5) is 7.01. The molecule has 1 aromatic rings. The SMILES string of the molecule is CN1CCC(Oc2cc(CCl)cc(C(C)(C)C)n2)CC1. The molecule has 0 aromatic carbocycles. The summed E-state index contributed by atoms with van der Waals surface area (Å²) in [6.45, 7) is 8.66. The van der Waals surface area contributed by atoms with Crippen LogP contribution in [0.4, 0.5) is 0 Å². The van der Waals surface area contributed by atoms with Gasteiger partial charge < -0.3 is 9.64 Å². The summed E-state index contributed by atoms with van der Waals surface area (Å²) in [7, 11) is 2.15. The van der Waals surface area contributed by atoms with Crippen molar-refractivity contribution in [3.8, 4) is 5.88 Å². The standard InChI is InChI=1S/C16H25ClN2O/c1-16(2,3)14-9-12(11-17)10-15(18-14)20-13-5-7-19(4)8-6-13/h9-10,13H,5-8,11H2,1-4H3. The molecule has 112 valence electrons. The highest BCUT2D eigenvalue weighted by molar-refractivity contribution is 6.17. The number of alkyl halides is 1. The quantitative estimate of drug-likeness (QED) is 0.797. The highest BCUT2D eigenvalue weighted by atomic mass is 35.5. The van der Waals surface area contributed by atoms with Gasteiger partial charge in [0.2, 0.25) is 5.88 Å². The first-order valence-electron chi connectivity index (χ1n) is 7.31. The maximum absolute atomic E-state index is 6.09. The lowest BCUT2D eigenvalue weighted by atomic mass is 9.91. The van der Waals surface area contributed by atoms with Gasteiger partial charge in [0, 0.05) is 30.5 Å². The molecule has 0 atom stereocenters. The molecule has 0 amide bonds. The van der Waals surface area contributed by atoms with E-state index in [1.54, 1.807) is 0 Å². The van der Waals surface area contributed by atoms with E-state index in [1.165, 1.54) is 0 Å². The van der Waals surface area contributed by atoms with Crippen LogP contribution in [0.15, 0.2) is 12.1 Å². The van der Waals surface area contributed by atoms with Gasteiger partial charge in [-0.25, -0.2) is 4.98 Å². The van der Waals surface area contributed by atoms with Crippen molar-refractivity contribution < 1.29 is 4.74 Å². The molecule has 20 heavy (non-hydrogen) atoms. The molecule has 2 rings (SSSR count). The number of ether oxygens (including phenoxy) is 1. The lowest BCUT2D eigenvalue weighted by molar-refractivity contribution is 0.109. The zero-order valence-corrected chi connectivity index (χ0v) is 13.7. The van der Waals surface area contributed by atoms with E-state index in [2.05, 4.69) is 43.8 Å². The predicted octanol–water partition coefficient (Wildman–Crippen LogP) is 3.59. The summed E-state index contributed by atoms with van der Waals surface area (Å²) < 4.78 is 6.09.